The molecule has 13 nitrogen and oxygen atoms in total. The van der Waals surface area contributed by atoms with Gasteiger partial charge in [-0.05, 0) is 32.1 Å². The van der Waals surface area contributed by atoms with Crippen LogP contribution in [-0.4, -0.2) is 98.3 Å². The highest BCUT2D eigenvalue weighted by Crippen LogP contribution is 2.47. The van der Waals surface area contributed by atoms with Crippen molar-refractivity contribution in [3.8, 4) is 0 Å². The molecule has 0 saturated heterocycles. The maximum atomic E-state index is 12.9. The first kappa shape index (κ1) is 63.6. The number of aliphatic hydroxyl groups excluding tert-OH is 5. The third kappa shape index (κ3) is 35.4. The normalized spacial score (nSPS) is 21.1. The average Bonchev–Trinajstić information content (AvgIpc) is 3.31. The SMILES string of the molecule is CCCCCCCCCCCCCCCCCCCC/C=C/CCCC(=O)OC[C@@H](COP(=O)(O)OC1C(O)C(O)C(O)[C@H](O)C1O)OC(=O)CCCCCCCCCCCCCCCCC. The topological polar surface area (TPSA) is 210 Å². The minimum atomic E-state index is -5.12. The van der Waals surface area contributed by atoms with Gasteiger partial charge in [-0.3, -0.25) is 18.6 Å². The van der Waals surface area contributed by atoms with E-state index in [9.17, 15) is 44.6 Å². The molecule has 396 valence electrons. The number of allylic oxidation sites excluding steroid dienone is 2. The lowest BCUT2D eigenvalue weighted by Gasteiger charge is -2.41. The Labute approximate surface area is 407 Å². The van der Waals surface area contributed by atoms with Crippen molar-refractivity contribution in [2.75, 3.05) is 13.2 Å². The minimum absolute atomic E-state index is 0.0976. The monoisotopic (exact) mass is 977 g/mol. The number of hydrogen-bond donors (Lipinski definition) is 6. The number of esters is 2. The summed E-state index contributed by atoms with van der Waals surface area (Å²) in [6.07, 6.45) is 35.6. The molecule has 1 aliphatic rings. The van der Waals surface area contributed by atoms with Crippen molar-refractivity contribution in [3.05, 3.63) is 12.2 Å². The number of ether oxygens (including phenoxy) is 2. The van der Waals surface area contributed by atoms with Crippen LogP contribution in [0.2, 0.25) is 0 Å². The highest BCUT2D eigenvalue weighted by molar-refractivity contribution is 7.47. The number of rotatable bonds is 47. The van der Waals surface area contributed by atoms with Gasteiger partial charge in [-0.15, -0.1) is 0 Å². The van der Waals surface area contributed by atoms with Gasteiger partial charge in [0.25, 0.3) is 0 Å². The van der Waals surface area contributed by atoms with Crippen LogP contribution in [0.25, 0.3) is 0 Å². The summed E-state index contributed by atoms with van der Waals surface area (Å²) >= 11 is 0. The van der Waals surface area contributed by atoms with Crippen LogP contribution in [0.5, 0.6) is 0 Å². The molecule has 0 aromatic carbocycles. The number of hydrogen-bond acceptors (Lipinski definition) is 12. The number of unbranched alkanes of at least 4 members (excludes halogenated alkanes) is 33. The van der Waals surface area contributed by atoms with Crippen molar-refractivity contribution >= 4 is 19.8 Å². The first-order valence-corrected chi connectivity index (χ1v) is 29.0. The van der Waals surface area contributed by atoms with E-state index in [4.69, 9.17) is 18.5 Å². The van der Waals surface area contributed by atoms with Gasteiger partial charge >= 0.3 is 19.8 Å². The molecule has 0 bridgehead atoms. The van der Waals surface area contributed by atoms with Gasteiger partial charge < -0.3 is 39.9 Å². The highest BCUT2D eigenvalue weighted by Gasteiger charge is 2.51. The molecule has 8 atom stereocenters. The van der Waals surface area contributed by atoms with E-state index in [-0.39, 0.29) is 12.8 Å². The van der Waals surface area contributed by atoms with Gasteiger partial charge in [-0.2, -0.15) is 0 Å². The number of aliphatic hydroxyl groups is 5. The van der Waals surface area contributed by atoms with Crippen LogP contribution < -0.4 is 0 Å². The van der Waals surface area contributed by atoms with E-state index in [0.29, 0.717) is 19.3 Å². The summed E-state index contributed by atoms with van der Waals surface area (Å²) in [5.41, 5.74) is 0. The van der Waals surface area contributed by atoms with Gasteiger partial charge in [0, 0.05) is 12.8 Å². The van der Waals surface area contributed by atoms with Crippen LogP contribution in [0, 0.1) is 0 Å². The van der Waals surface area contributed by atoms with E-state index in [2.05, 4.69) is 26.0 Å². The van der Waals surface area contributed by atoms with Gasteiger partial charge in [0.1, 0.15) is 43.2 Å². The Morgan fingerprint density at radius 2 is 0.776 bits per heavy atom. The van der Waals surface area contributed by atoms with Crippen molar-refractivity contribution in [1.29, 1.82) is 0 Å². The molecule has 14 heteroatoms. The van der Waals surface area contributed by atoms with Crippen LogP contribution in [0.15, 0.2) is 12.2 Å². The Balaban J connectivity index is 2.34. The fraction of sp³-hybridized carbons (Fsp3) is 0.925. The predicted molar refractivity (Wildman–Crippen MR) is 267 cm³/mol. The second-order valence-corrected chi connectivity index (χ2v) is 20.9. The first-order valence-electron chi connectivity index (χ1n) is 27.5. The molecule has 0 aromatic heterocycles. The molecule has 1 aliphatic carbocycles. The second kappa shape index (κ2) is 43.4. The van der Waals surface area contributed by atoms with Crippen molar-refractivity contribution in [1.82, 2.24) is 0 Å². The van der Waals surface area contributed by atoms with Gasteiger partial charge in [0.05, 0.1) is 6.61 Å². The highest BCUT2D eigenvalue weighted by atomic mass is 31.2. The van der Waals surface area contributed by atoms with E-state index < -0.39 is 75.7 Å². The molecule has 6 unspecified atom stereocenters. The van der Waals surface area contributed by atoms with E-state index in [1.165, 1.54) is 180 Å². The van der Waals surface area contributed by atoms with Gasteiger partial charge in [0.15, 0.2) is 6.10 Å². The zero-order valence-electron chi connectivity index (χ0n) is 42.5. The minimum Gasteiger partial charge on any atom is -0.462 e. The summed E-state index contributed by atoms with van der Waals surface area (Å²) in [5, 5.41) is 50.3. The second-order valence-electron chi connectivity index (χ2n) is 19.4. The summed E-state index contributed by atoms with van der Waals surface area (Å²) < 4.78 is 33.6. The van der Waals surface area contributed by atoms with E-state index in [1.54, 1.807) is 0 Å². The number of carbonyl (C=O) groups excluding carboxylic acids is 2. The standard InChI is InChI=1S/C53H101O13P/c1-3-5-7-9-11-13-15-17-19-20-21-22-23-24-25-26-28-29-31-33-35-37-39-41-46(54)63-43-45(44-64-67(61,62)66-53-51(59)49(57)48(56)50(58)52(53)60)65-47(55)42-40-38-36-34-32-30-27-18-16-14-12-10-8-6-4-2/h33,35,45,48-53,56-60H,3-32,34,36-44H2,1-2H3,(H,61,62)/b35-33+/t45-,48?,49-,50?,51?,52?,53?/m0/s1. The maximum absolute atomic E-state index is 12.9. The van der Waals surface area contributed by atoms with Crippen LogP contribution in [-0.2, 0) is 32.7 Å². The molecular formula is C53H101O13P. The summed E-state index contributed by atoms with van der Waals surface area (Å²) in [7, 11) is -5.12. The molecule has 1 saturated carbocycles. The Morgan fingerprint density at radius 1 is 0.448 bits per heavy atom. The van der Waals surface area contributed by atoms with Gasteiger partial charge in [0.2, 0.25) is 0 Å². The quantitative estimate of drug-likeness (QED) is 0.0145. The molecule has 0 aliphatic heterocycles. The predicted octanol–water partition coefficient (Wildman–Crippen LogP) is 12.2. The van der Waals surface area contributed by atoms with E-state index in [1.807, 2.05) is 0 Å². The summed E-state index contributed by atoms with van der Waals surface area (Å²) in [5.74, 6) is -1.12. The largest absolute Gasteiger partial charge is 0.472 e. The lowest BCUT2D eigenvalue weighted by Crippen LogP contribution is -2.64. The Bertz CT molecular complexity index is 1220. The smallest absolute Gasteiger partial charge is 0.462 e. The first-order chi connectivity index (χ1) is 32.4. The van der Waals surface area contributed by atoms with Crippen LogP contribution in [0.3, 0.4) is 0 Å². The van der Waals surface area contributed by atoms with E-state index in [0.717, 1.165) is 32.1 Å². The van der Waals surface area contributed by atoms with Crippen LogP contribution in [0.4, 0.5) is 0 Å². The molecule has 1 rings (SSSR count). The molecule has 67 heavy (non-hydrogen) atoms. The lowest BCUT2D eigenvalue weighted by molar-refractivity contribution is -0.220. The summed E-state index contributed by atoms with van der Waals surface area (Å²) in [6, 6.07) is 0. The third-order valence-electron chi connectivity index (χ3n) is 13.1. The van der Waals surface area contributed by atoms with Crippen molar-refractivity contribution in [2.45, 2.75) is 301 Å². The number of phosphoric ester groups is 1. The number of carbonyl (C=O) groups is 2. The van der Waals surface area contributed by atoms with Crippen LogP contribution >= 0.6 is 7.82 Å². The molecule has 6 N–H and O–H groups in total. The Hall–Kier alpha value is -1.41. The zero-order valence-corrected chi connectivity index (χ0v) is 43.4. The van der Waals surface area contributed by atoms with Gasteiger partial charge in [-0.1, -0.05) is 225 Å². The van der Waals surface area contributed by atoms with Crippen molar-refractivity contribution in [2.24, 2.45) is 0 Å². The summed E-state index contributed by atoms with van der Waals surface area (Å²) in [6.45, 7) is 3.33. The molecule has 0 radical (unpaired) electrons. The Morgan fingerprint density at radius 3 is 1.18 bits per heavy atom. The molecular weight excluding hydrogens is 876 g/mol. The molecule has 1 fully saturated rings. The molecule has 0 spiro atoms. The van der Waals surface area contributed by atoms with Gasteiger partial charge in [-0.25, -0.2) is 4.57 Å². The zero-order chi connectivity index (χ0) is 49.2. The maximum Gasteiger partial charge on any atom is 0.472 e. The molecule has 0 heterocycles. The van der Waals surface area contributed by atoms with Crippen molar-refractivity contribution in [3.63, 3.8) is 0 Å². The molecule has 0 amide bonds. The average molecular weight is 977 g/mol. The fourth-order valence-corrected chi connectivity index (χ4v) is 9.68. The third-order valence-corrected chi connectivity index (χ3v) is 14.1. The molecule has 0 aromatic rings. The summed E-state index contributed by atoms with van der Waals surface area (Å²) in [4.78, 5) is 35.8. The lowest BCUT2D eigenvalue weighted by atomic mass is 9.85. The number of phosphoric acid groups is 1. The fourth-order valence-electron chi connectivity index (χ4n) is 8.71. The van der Waals surface area contributed by atoms with Crippen molar-refractivity contribution < 1.29 is 63.1 Å². The van der Waals surface area contributed by atoms with E-state index >= 15 is 0 Å². The Kier molecular flexibility index (Phi) is 41.2. The van der Waals surface area contributed by atoms with Crippen LogP contribution in [0.1, 0.15) is 258 Å².